The number of benzene rings is 4. The van der Waals surface area contributed by atoms with Gasteiger partial charge < -0.3 is 50.7 Å². The number of sulfonamides is 4. The first-order chi connectivity index (χ1) is 68.3. The number of aromatic amines is 1. The van der Waals surface area contributed by atoms with Crippen LogP contribution in [0.2, 0.25) is 15.1 Å². The maximum atomic E-state index is 14.3. The van der Waals surface area contributed by atoms with Crippen LogP contribution in [0.15, 0.2) is 118 Å². The second-order valence-electron chi connectivity index (χ2n) is 39.4. The number of nitrogens with zero attached hydrogens (tertiary/aromatic N) is 19. The molecule has 12 aromatic rings. The van der Waals surface area contributed by atoms with Crippen LogP contribution < -0.4 is 55.5 Å². The molecule has 0 radical (unpaired) electrons. The zero-order chi connectivity index (χ0) is 102. The zero-order valence-corrected chi connectivity index (χ0v) is 88.1. The second kappa shape index (κ2) is 41.0. The summed E-state index contributed by atoms with van der Waals surface area (Å²) in [6.45, 7) is 18.9. The highest BCUT2D eigenvalue weighted by molar-refractivity contribution is 9.10. The Morgan fingerprint density at radius 2 is 0.799 bits per heavy atom. The summed E-state index contributed by atoms with van der Waals surface area (Å²) < 4.78 is 126. The molecule has 4 aromatic carbocycles. The number of likely N-dealkylation sites (tertiary alicyclic amines) is 4. The lowest BCUT2D eigenvalue weighted by Gasteiger charge is -2.41. The molecule has 0 unspecified atom stereocenters. The smallest absolute Gasteiger partial charge is 0.275 e. The van der Waals surface area contributed by atoms with E-state index in [1.54, 1.807) is 56.2 Å². The van der Waals surface area contributed by atoms with Gasteiger partial charge in [-0.25, -0.2) is 67.0 Å². The van der Waals surface area contributed by atoms with E-state index in [0.717, 1.165) is 235 Å². The van der Waals surface area contributed by atoms with Crippen molar-refractivity contribution in [1.29, 1.82) is 0 Å². The molecule has 8 aliphatic heterocycles. The highest BCUT2D eigenvalue weighted by Gasteiger charge is 2.42. The van der Waals surface area contributed by atoms with Crippen LogP contribution in [0, 0.1) is 38.4 Å². The fourth-order valence-corrected chi connectivity index (χ4v) is 23.6. The molecule has 48 heteroatoms. The first-order valence-corrected chi connectivity index (χ1v) is 57.6. The minimum atomic E-state index is -3.69. The number of piperidine rings is 4. The molecule has 766 valence electrons. The summed E-state index contributed by atoms with van der Waals surface area (Å²) in [5.74, 6) is 3.54. The first-order valence-electron chi connectivity index (χ1n) is 48.1. The van der Waals surface area contributed by atoms with Crippen LogP contribution in [0.4, 0.5) is 50.4 Å². The molecule has 0 bridgehead atoms. The number of rotatable bonds is 21. The van der Waals surface area contributed by atoms with Gasteiger partial charge in [-0.05, 0) is 211 Å². The number of fused-ring (bicyclic) bond motifs is 4. The van der Waals surface area contributed by atoms with Gasteiger partial charge in [0, 0.05) is 175 Å². The SMILES string of the molecule is CC1CN(c2cc(N3CC(N)C3)n3nc([C@@H]4CCCCN4C(=O)c4cc(Cl)ccc4NS(C)(=O)=O)cc3n2)C1.CC1CN(c2cc(N3CC(N)C3)n3nc([C@@H]4CCCCN4C(=O)c4cc(Cl)ccc4NS(C)(=O)=O)cc3n2)C1.Cc1cc(C2CC2)nc2cc([C@@H]3CCCCN3C(=O)c3cc(F)cc(Br)c3NS(C)(=O)=O)nn12.Cc1nc2cc([C@@H]3CCCCN3C(=O)c3cc(Cl)ccc3NS(C)(=O)=O)[nH]n2c(=O)c1C. The van der Waals surface area contributed by atoms with E-state index in [1.807, 2.05) is 34.2 Å². The van der Waals surface area contributed by atoms with Crippen molar-refractivity contribution in [3.63, 3.8) is 0 Å². The van der Waals surface area contributed by atoms with Gasteiger partial charge >= 0.3 is 0 Å². The van der Waals surface area contributed by atoms with Crippen LogP contribution in [0.3, 0.4) is 0 Å². The Hall–Kier alpha value is -11.6. The molecular formula is C96H115BrCl3FN26O13S4. The van der Waals surface area contributed by atoms with Crippen molar-refractivity contribution in [1.82, 2.24) is 78.0 Å². The number of aryl methyl sites for hydroxylation is 2. The Morgan fingerprint density at radius 1 is 0.424 bits per heavy atom. The van der Waals surface area contributed by atoms with Crippen molar-refractivity contribution in [2.75, 3.05) is 142 Å². The highest BCUT2D eigenvalue weighted by Crippen LogP contribution is 2.45. The van der Waals surface area contributed by atoms with Gasteiger partial charge in [-0.2, -0.15) is 24.3 Å². The number of carbonyl (C=O) groups is 4. The van der Waals surface area contributed by atoms with Gasteiger partial charge in [0.15, 0.2) is 22.6 Å². The molecule has 9 N–H and O–H groups in total. The number of carbonyl (C=O) groups excluding carboxylic acids is 4. The lowest BCUT2D eigenvalue weighted by molar-refractivity contribution is 0.0599. The number of H-pyrrole nitrogens is 1. The number of anilines is 8. The van der Waals surface area contributed by atoms with Crippen LogP contribution in [0.5, 0.6) is 0 Å². The highest BCUT2D eigenvalue weighted by atomic mass is 79.9. The molecule has 0 spiro atoms. The topological polar surface area (TPSA) is 472 Å². The second-order valence-corrected chi connectivity index (χ2v) is 48.5. The molecule has 9 aliphatic rings. The fourth-order valence-electron chi connectivity index (χ4n) is 20.1. The van der Waals surface area contributed by atoms with Gasteiger partial charge in [0.1, 0.15) is 29.1 Å². The third-order valence-corrected chi connectivity index (χ3v) is 31.0. The van der Waals surface area contributed by atoms with E-state index in [0.29, 0.717) is 94.4 Å². The Labute approximate surface area is 856 Å². The van der Waals surface area contributed by atoms with Crippen LogP contribution >= 0.6 is 50.7 Å². The van der Waals surface area contributed by atoms with Gasteiger partial charge in [-0.1, -0.05) is 48.7 Å². The molecule has 8 aromatic heterocycles. The molecule has 39 nitrogen and oxygen atoms in total. The van der Waals surface area contributed by atoms with E-state index in [9.17, 15) is 62.0 Å². The first kappa shape index (κ1) is 102. The maximum absolute atomic E-state index is 14.3. The number of hydrogen-bond donors (Lipinski definition) is 7. The number of nitrogens with one attached hydrogen (secondary N) is 5. The molecule has 4 atom stereocenters. The van der Waals surface area contributed by atoms with Gasteiger partial charge in [0.2, 0.25) is 40.1 Å². The third-order valence-electron chi connectivity index (χ3n) is 27.3. The average Bonchev–Trinajstić information content (AvgIpc) is 1.61. The largest absolute Gasteiger partial charge is 0.356 e. The molecule has 8 saturated heterocycles. The van der Waals surface area contributed by atoms with E-state index in [4.69, 9.17) is 76.5 Å². The normalized spacial score (nSPS) is 19.5. The summed E-state index contributed by atoms with van der Waals surface area (Å²) in [4.78, 5) is 103. The minimum absolute atomic E-state index is 0.0276. The minimum Gasteiger partial charge on any atom is -0.356 e. The van der Waals surface area contributed by atoms with Gasteiger partial charge in [0.05, 0.1) is 117 Å². The van der Waals surface area contributed by atoms with Crippen molar-refractivity contribution < 1.29 is 57.2 Å². The molecule has 4 amide bonds. The average molecular weight is 2170 g/mol. The van der Waals surface area contributed by atoms with Crippen LogP contribution in [0.25, 0.3) is 22.6 Å². The van der Waals surface area contributed by atoms with Crippen molar-refractivity contribution in [3.8, 4) is 0 Å². The van der Waals surface area contributed by atoms with E-state index in [-0.39, 0.29) is 109 Å². The van der Waals surface area contributed by atoms with Crippen LogP contribution in [0.1, 0.15) is 221 Å². The van der Waals surface area contributed by atoms with Gasteiger partial charge in [-0.3, -0.25) is 48.0 Å². The molecule has 144 heavy (non-hydrogen) atoms. The van der Waals surface area contributed by atoms with E-state index in [1.165, 1.54) is 47.0 Å². The summed E-state index contributed by atoms with van der Waals surface area (Å²) in [5, 5.41) is 18.9. The lowest BCUT2D eigenvalue weighted by Crippen LogP contribution is -2.56. The standard InChI is InChI=1S/2C26H33ClN8O3S.C23H25BrFN5O3S.C21H24ClN5O4S/c2*1-16-12-32(13-16)23-11-25(33-14-18(28)15-33)35-24(29-23)10-21(30-35)22-5-3-4-8-34(22)26(36)19-9-17(27)6-7-20(19)31-39(2,37)38;1-13-9-18(14-6-7-14)26-21-12-19(27-30(13)21)20-5-3-4-8-29(20)23(31)16-10-15(25)11-17(24)22(16)28-34(2,32)33;1-12-13(2)23-19-11-17(24-27(19)20(12)28)18-6-4-5-9-26(18)21(29)15-10-14(22)7-8-16(15)25-32(3,30)31/h2*6-7,9-11,16,18,22,31H,3-5,8,12-15,28H2,1-2H3;9-12,14,20,28H,3-8H2,1-2H3;7-8,10-11,18,24-25H,4-6,9H2,1-3H3/t2*22-;20-;18-/m0000/s1. The monoisotopic (exact) mass is 2170 g/mol. The summed E-state index contributed by atoms with van der Waals surface area (Å²) in [5.41, 5.74) is 22.1. The third kappa shape index (κ3) is 22.7. The van der Waals surface area contributed by atoms with E-state index in [2.05, 4.69) is 96.5 Å². The Bertz CT molecular complexity index is 7390. The Kier molecular flexibility index (Phi) is 29.2. The van der Waals surface area contributed by atoms with Crippen molar-refractivity contribution in [3.05, 3.63) is 213 Å². The molecule has 1 saturated carbocycles. The van der Waals surface area contributed by atoms with Crippen molar-refractivity contribution in [2.24, 2.45) is 23.3 Å². The number of halogens is 5. The van der Waals surface area contributed by atoms with Crippen molar-refractivity contribution >= 4 is 183 Å². The molecular weight excluding hydrogens is 2060 g/mol. The van der Waals surface area contributed by atoms with Gasteiger partial charge in [-0.15, -0.1) is 0 Å². The summed E-state index contributed by atoms with van der Waals surface area (Å²) in [6, 6.07) is 28.8. The zero-order valence-electron chi connectivity index (χ0n) is 81.0. The quantitative estimate of drug-likeness (QED) is 0.0351. The molecule has 16 heterocycles. The van der Waals surface area contributed by atoms with Gasteiger partial charge in [0.25, 0.3) is 29.2 Å². The predicted molar refractivity (Wildman–Crippen MR) is 557 cm³/mol. The summed E-state index contributed by atoms with van der Waals surface area (Å²) in [7, 11) is -14.5. The van der Waals surface area contributed by atoms with E-state index >= 15 is 0 Å². The molecule has 21 rings (SSSR count). The number of amides is 4. The van der Waals surface area contributed by atoms with Crippen molar-refractivity contribution in [2.45, 2.75) is 167 Å². The summed E-state index contributed by atoms with van der Waals surface area (Å²) >= 11 is 21.8. The molecule has 1 aliphatic carbocycles. The number of nitrogens with two attached hydrogens (primary N) is 2. The maximum Gasteiger partial charge on any atom is 0.275 e. The molecule has 9 fully saturated rings. The number of aromatic nitrogens is 12. The fraction of sp³-hybridized carbons (Fsp3) is 0.458. The van der Waals surface area contributed by atoms with E-state index < -0.39 is 51.8 Å². The Morgan fingerprint density at radius 3 is 1.18 bits per heavy atom. The lowest BCUT2D eigenvalue weighted by atomic mass is 9.98. The predicted octanol–water partition coefficient (Wildman–Crippen LogP) is 13.0. The summed E-state index contributed by atoms with van der Waals surface area (Å²) in [6.07, 6.45) is 16.3. The number of hydrogen-bond acceptors (Lipinski definition) is 26. The van der Waals surface area contributed by atoms with Crippen LogP contribution in [-0.2, 0) is 40.1 Å². The Balaban J connectivity index is 0.000000127. The van der Waals surface area contributed by atoms with Crippen LogP contribution in [-0.4, -0.2) is 251 Å².